The van der Waals surface area contributed by atoms with E-state index in [4.69, 9.17) is 0 Å². The van der Waals surface area contributed by atoms with E-state index < -0.39 is 0 Å². The molecular formula is C16H23N3O2. The molecule has 1 heterocycles. The Balaban J connectivity index is 1.70. The molecule has 5 nitrogen and oxygen atoms in total. The van der Waals surface area contributed by atoms with Crippen LogP contribution in [0.3, 0.4) is 0 Å². The fourth-order valence-electron chi connectivity index (χ4n) is 3.43. The molecule has 1 saturated heterocycles. The van der Waals surface area contributed by atoms with Gasteiger partial charge in [-0.25, -0.2) is 0 Å². The SMILES string of the molecule is CCc1ccc(NC2CC(C)N(C3CC3)C2)cc1[N+](=O)[O-]. The molecule has 1 aliphatic heterocycles. The van der Waals surface area contributed by atoms with Gasteiger partial charge in [-0.3, -0.25) is 15.0 Å². The van der Waals surface area contributed by atoms with Crippen LogP contribution in [0.5, 0.6) is 0 Å². The fraction of sp³-hybridized carbons (Fsp3) is 0.625. The van der Waals surface area contributed by atoms with Gasteiger partial charge >= 0.3 is 0 Å². The third kappa shape index (κ3) is 3.02. The molecule has 2 fully saturated rings. The number of nitro benzene ring substituents is 1. The van der Waals surface area contributed by atoms with E-state index in [-0.39, 0.29) is 10.6 Å². The number of aryl methyl sites for hydroxylation is 1. The summed E-state index contributed by atoms with van der Waals surface area (Å²) in [6.45, 7) is 5.28. The number of nitro groups is 1. The van der Waals surface area contributed by atoms with Gasteiger partial charge in [0.2, 0.25) is 0 Å². The summed E-state index contributed by atoms with van der Waals surface area (Å²) in [5.74, 6) is 0. The largest absolute Gasteiger partial charge is 0.381 e. The van der Waals surface area contributed by atoms with Crippen LogP contribution in [0.2, 0.25) is 0 Å². The molecule has 114 valence electrons. The molecule has 2 aliphatic rings. The second-order valence-corrected chi connectivity index (χ2v) is 6.31. The molecule has 0 aromatic heterocycles. The minimum absolute atomic E-state index is 0.229. The lowest BCUT2D eigenvalue weighted by Gasteiger charge is -2.20. The van der Waals surface area contributed by atoms with E-state index in [2.05, 4.69) is 17.1 Å². The van der Waals surface area contributed by atoms with Crippen LogP contribution in [0.4, 0.5) is 11.4 Å². The number of nitrogens with zero attached hydrogens (tertiary/aromatic N) is 2. The summed E-state index contributed by atoms with van der Waals surface area (Å²) in [7, 11) is 0. The van der Waals surface area contributed by atoms with Gasteiger partial charge in [-0.1, -0.05) is 13.0 Å². The Kier molecular flexibility index (Phi) is 3.85. The molecule has 1 N–H and O–H groups in total. The molecule has 0 amide bonds. The maximum atomic E-state index is 11.1. The number of nitrogens with one attached hydrogen (secondary N) is 1. The maximum absolute atomic E-state index is 11.1. The lowest BCUT2D eigenvalue weighted by atomic mass is 10.1. The zero-order valence-electron chi connectivity index (χ0n) is 12.7. The molecule has 0 bridgehead atoms. The Hall–Kier alpha value is -1.62. The monoisotopic (exact) mass is 289 g/mol. The highest BCUT2D eigenvalue weighted by atomic mass is 16.6. The van der Waals surface area contributed by atoms with E-state index in [1.54, 1.807) is 6.07 Å². The topological polar surface area (TPSA) is 58.4 Å². The van der Waals surface area contributed by atoms with Crippen molar-refractivity contribution >= 4 is 11.4 Å². The van der Waals surface area contributed by atoms with Crippen LogP contribution >= 0.6 is 0 Å². The summed E-state index contributed by atoms with van der Waals surface area (Å²) in [4.78, 5) is 13.4. The molecule has 0 spiro atoms. The molecule has 0 radical (unpaired) electrons. The van der Waals surface area contributed by atoms with Crippen molar-refractivity contribution in [1.29, 1.82) is 0 Å². The van der Waals surface area contributed by atoms with Gasteiger partial charge < -0.3 is 5.32 Å². The van der Waals surface area contributed by atoms with Gasteiger partial charge in [-0.15, -0.1) is 0 Å². The average molecular weight is 289 g/mol. The predicted octanol–water partition coefficient (Wildman–Crippen LogP) is 3.19. The summed E-state index contributed by atoms with van der Waals surface area (Å²) < 4.78 is 0. The molecule has 2 unspecified atom stereocenters. The highest BCUT2D eigenvalue weighted by molar-refractivity contribution is 5.56. The van der Waals surface area contributed by atoms with Crippen molar-refractivity contribution in [2.45, 2.75) is 57.7 Å². The number of anilines is 1. The van der Waals surface area contributed by atoms with Crippen LogP contribution in [0, 0.1) is 10.1 Å². The van der Waals surface area contributed by atoms with Gasteiger partial charge in [0.15, 0.2) is 0 Å². The first-order valence-corrected chi connectivity index (χ1v) is 7.88. The Bertz CT molecular complexity index is 542. The summed E-state index contributed by atoms with van der Waals surface area (Å²) in [6, 6.07) is 7.31. The third-order valence-electron chi connectivity index (χ3n) is 4.67. The van der Waals surface area contributed by atoms with E-state index in [1.807, 2.05) is 19.1 Å². The molecule has 21 heavy (non-hydrogen) atoms. The second-order valence-electron chi connectivity index (χ2n) is 6.31. The van der Waals surface area contributed by atoms with Gasteiger partial charge in [0, 0.05) is 42.0 Å². The van der Waals surface area contributed by atoms with Crippen LogP contribution in [-0.4, -0.2) is 34.5 Å². The van der Waals surface area contributed by atoms with Crippen molar-refractivity contribution < 1.29 is 4.92 Å². The van der Waals surface area contributed by atoms with Crippen molar-refractivity contribution in [3.05, 3.63) is 33.9 Å². The molecule has 1 saturated carbocycles. The lowest BCUT2D eigenvalue weighted by Crippen LogP contribution is -2.31. The summed E-state index contributed by atoms with van der Waals surface area (Å²) in [6.07, 6.45) is 4.45. The summed E-state index contributed by atoms with van der Waals surface area (Å²) >= 11 is 0. The minimum Gasteiger partial charge on any atom is -0.381 e. The number of benzene rings is 1. The Morgan fingerprint density at radius 2 is 2.19 bits per heavy atom. The smallest absolute Gasteiger partial charge is 0.274 e. The van der Waals surface area contributed by atoms with Crippen LogP contribution in [0.25, 0.3) is 0 Å². The summed E-state index contributed by atoms with van der Waals surface area (Å²) in [5, 5.41) is 14.6. The molecule has 2 atom stereocenters. The van der Waals surface area contributed by atoms with E-state index in [0.29, 0.717) is 18.5 Å². The number of rotatable bonds is 5. The fourth-order valence-corrected chi connectivity index (χ4v) is 3.43. The third-order valence-corrected chi connectivity index (χ3v) is 4.67. The van der Waals surface area contributed by atoms with Gasteiger partial charge in [-0.05, 0) is 38.7 Å². The first-order valence-electron chi connectivity index (χ1n) is 7.88. The highest BCUT2D eigenvalue weighted by Crippen LogP contribution is 2.34. The molecule has 3 rings (SSSR count). The van der Waals surface area contributed by atoms with Crippen LogP contribution in [0.1, 0.15) is 38.7 Å². The quantitative estimate of drug-likeness (QED) is 0.668. The number of hydrogen-bond donors (Lipinski definition) is 1. The van der Waals surface area contributed by atoms with Crippen LogP contribution in [0.15, 0.2) is 18.2 Å². The highest BCUT2D eigenvalue weighted by Gasteiger charge is 2.38. The number of hydrogen-bond acceptors (Lipinski definition) is 4. The number of likely N-dealkylation sites (tertiary alicyclic amines) is 1. The van der Waals surface area contributed by atoms with Crippen molar-refractivity contribution in [3.63, 3.8) is 0 Å². The average Bonchev–Trinajstić information content (AvgIpc) is 3.23. The van der Waals surface area contributed by atoms with Gasteiger partial charge in [-0.2, -0.15) is 0 Å². The zero-order valence-corrected chi connectivity index (χ0v) is 12.7. The Morgan fingerprint density at radius 3 is 2.81 bits per heavy atom. The van der Waals surface area contributed by atoms with E-state index >= 15 is 0 Å². The first kappa shape index (κ1) is 14.3. The van der Waals surface area contributed by atoms with Crippen LogP contribution in [-0.2, 0) is 6.42 Å². The molecule has 1 aromatic carbocycles. The molecule has 1 aromatic rings. The normalized spacial score (nSPS) is 26.0. The Labute approximate surface area is 125 Å². The minimum atomic E-state index is -0.280. The first-order chi connectivity index (χ1) is 10.1. The lowest BCUT2D eigenvalue weighted by molar-refractivity contribution is -0.385. The summed E-state index contributed by atoms with van der Waals surface area (Å²) in [5.41, 5.74) is 1.89. The standard InChI is InChI=1S/C16H23N3O2/c1-3-12-4-5-13(9-16(12)19(20)21)17-14-8-11(2)18(10-14)15-6-7-15/h4-5,9,11,14-15,17H,3,6-8,10H2,1-2H3. The van der Waals surface area contributed by atoms with E-state index in [0.717, 1.165) is 30.3 Å². The predicted molar refractivity (Wildman–Crippen MR) is 83.7 cm³/mol. The van der Waals surface area contributed by atoms with Crippen molar-refractivity contribution in [2.75, 3.05) is 11.9 Å². The molecule has 5 heteroatoms. The van der Waals surface area contributed by atoms with E-state index in [9.17, 15) is 10.1 Å². The van der Waals surface area contributed by atoms with Crippen molar-refractivity contribution in [1.82, 2.24) is 4.90 Å². The van der Waals surface area contributed by atoms with Crippen molar-refractivity contribution in [2.24, 2.45) is 0 Å². The maximum Gasteiger partial charge on any atom is 0.274 e. The van der Waals surface area contributed by atoms with Crippen molar-refractivity contribution in [3.8, 4) is 0 Å². The van der Waals surface area contributed by atoms with E-state index in [1.165, 1.54) is 12.8 Å². The van der Waals surface area contributed by atoms with Gasteiger partial charge in [0.05, 0.1) is 4.92 Å². The van der Waals surface area contributed by atoms with Gasteiger partial charge in [0.1, 0.15) is 0 Å². The van der Waals surface area contributed by atoms with Crippen LogP contribution < -0.4 is 5.32 Å². The molecular weight excluding hydrogens is 266 g/mol. The second kappa shape index (κ2) is 5.64. The molecule has 1 aliphatic carbocycles. The Morgan fingerprint density at radius 1 is 1.43 bits per heavy atom. The zero-order chi connectivity index (χ0) is 15.0. The van der Waals surface area contributed by atoms with Gasteiger partial charge in [0.25, 0.3) is 5.69 Å².